The molecular formula is C10H6F2N2O2. The summed E-state index contributed by atoms with van der Waals surface area (Å²) in [7, 11) is 0. The minimum Gasteiger partial charge on any atom is -0.351 e. The first-order valence-electron chi connectivity index (χ1n) is 4.34. The van der Waals surface area contributed by atoms with Crippen LogP contribution in [0.2, 0.25) is 0 Å². The topological polar surface area (TPSA) is 55.1 Å². The Morgan fingerprint density at radius 3 is 2.75 bits per heavy atom. The molecule has 1 N–H and O–H groups in total. The average Bonchev–Trinajstić information content (AvgIpc) is 2.75. The van der Waals surface area contributed by atoms with Gasteiger partial charge in [0.1, 0.15) is 11.6 Å². The molecule has 0 bridgehead atoms. The molecule has 0 aliphatic carbocycles. The third kappa shape index (κ3) is 2.05. The number of anilines is 1. The number of rotatable bonds is 2. The van der Waals surface area contributed by atoms with Crippen LogP contribution in [-0.4, -0.2) is 11.1 Å². The lowest BCUT2D eigenvalue weighted by Gasteiger charge is -2.03. The molecule has 2 aromatic rings. The molecule has 6 heteroatoms. The first kappa shape index (κ1) is 10.3. The summed E-state index contributed by atoms with van der Waals surface area (Å²) in [6.45, 7) is 0. The molecule has 1 amide bonds. The molecular weight excluding hydrogens is 218 g/mol. The van der Waals surface area contributed by atoms with Gasteiger partial charge in [0.25, 0.3) is 5.91 Å². The second kappa shape index (κ2) is 4.09. The first-order chi connectivity index (χ1) is 7.66. The molecule has 0 fully saturated rings. The molecule has 0 saturated carbocycles. The Morgan fingerprint density at radius 2 is 2.12 bits per heavy atom. The van der Waals surface area contributed by atoms with Crippen LogP contribution in [-0.2, 0) is 0 Å². The minimum atomic E-state index is -0.854. The summed E-state index contributed by atoms with van der Waals surface area (Å²) in [5, 5.41) is 5.56. The highest BCUT2D eigenvalue weighted by atomic mass is 19.1. The highest BCUT2D eigenvalue weighted by Crippen LogP contribution is 2.15. The number of benzene rings is 1. The summed E-state index contributed by atoms with van der Waals surface area (Å²) < 4.78 is 30.3. The molecule has 0 radical (unpaired) electrons. The van der Waals surface area contributed by atoms with E-state index < -0.39 is 17.5 Å². The number of aromatic nitrogens is 1. The summed E-state index contributed by atoms with van der Waals surface area (Å²) >= 11 is 0. The number of hydrogen-bond donors (Lipinski definition) is 1. The van der Waals surface area contributed by atoms with Gasteiger partial charge in [0.05, 0.1) is 11.9 Å². The molecule has 1 aromatic heterocycles. The molecule has 16 heavy (non-hydrogen) atoms. The maximum atomic E-state index is 13.2. The fourth-order valence-corrected chi connectivity index (χ4v) is 1.11. The standard InChI is InChI=1S/C10H6F2N2O2/c11-6-1-2-8(7(12)5-6)14-10(15)9-3-4-13-16-9/h1-5H,(H,14,15). The van der Waals surface area contributed by atoms with Gasteiger partial charge >= 0.3 is 0 Å². The van der Waals surface area contributed by atoms with Gasteiger partial charge in [-0.25, -0.2) is 8.78 Å². The normalized spacial score (nSPS) is 10.1. The van der Waals surface area contributed by atoms with Gasteiger partial charge in [-0.15, -0.1) is 0 Å². The summed E-state index contributed by atoms with van der Waals surface area (Å²) in [6.07, 6.45) is 1.29. The molecule has 0 aliphatic heterocycles. The van der Waals surface area contributed by atoms with Crippen molar-refractivity contribution in [3.63, 3.8) is 0 Å². The zero-order chi connectivity index (χ0) is 11.5. The van der Waals surface area contributed by atoms with Crippen molar-refractivity contribution in [1.82, 2.24) is 5.16 Å². The zero-order valence-corrected chi connectivity index (χ0v) is 7.91. The quantitative estimate of drug-likeness (QED) is 0.850. The first-order valence-corrected chi connectivity index (χ1v) is 4.34. The fourth-order valence-electron chi connectivity index (χ4n) is 1.11. The molecule has 82 valence electrons. The number of hydrogen-bond acceptors (Lipinski definition) is 3. The van der Waals surface area contributed by atoms with Gasteiger partial charge in [-0.05, 0) is 12.1 Å². The van der Waals surface area contributed by atoms with Crippen molar-refractivity contribution in [2.24, 2.45) is 0 Å². The number of halogens is 2. The van der Waals surface area contributed by atoms with Crippen LogP contribution < -0.4 is 5.32 Å². The molecule has 0 saturated heterocycles. The number of nitrogens with zero attached hydrogens (tertiary/aromatic N) is 1. The Labute approximate surface area is 88.9 Å². The van der Waals surface area contributed by atoms with E-state index >= 15 is 0 Å². The molecule has 1 aromatic carbocycles. The van der Waals surface area contributed by atoms with E-state index in [-0.39, 0.29) is 11.4 Å². The molecule has 0 aliphatic rings. The van der Waals surface area contributed by atoms with Crippen LogP contribution in [0.3, 0.4) is 0 Å². The monoisotopic (exact) mass is 224 g/mol. The SMILES string of the molecule is O=C(Nc1ccc(F)cc1F)c1ccno1. The van der Waals surface area contributed by atoms with E-state index in [0.29, 0.717) is 6.07 Å². The smallest absolute Gasteiger partial charge is 0.294 e. The summed E-state index contributed by atoms with van der Waals surface area (Å²) in [5.41, 5.74) is -0.122. The van der Waals surface area contributed by atoms with Gasteiger partial charge in [-0.3, -0.25) is 4.79 Å². The van der Waals surface area contributed by atoms with Gasteiger partial charge in [-0.1, -0.05) is 5.16 Å². The maximum Gasteiger partial charge on any atom is 0.294 e. The number of carbonyl (C=O) groups excluding carboxylic acids is 1. The largest absolute Gasteiger partial charge is 0.351 e. The highest BCUT2D eigenvalue weighted by molar-refractivity contribution is 6.02. The van der Waals surface area contributed by atoms with Gasteiger partial charge in [0, 0.05) is 12.1 Å². The fraction of sp³-hybridized carbons (Fsp3) is 0. The number of carbonyl (C=O) groups is 1. The van der Waals surface area contributed by atoms with E-state index in [1.165, 1.54) is 12.3 Å². The summed E-state index contributed by atoms with van der Waals surface area (Å²) in [5.74, 6) is -2.27. The van der Waals surface area contributed by atoms with Crippen LogP contribution in [0, 0.1) is 11.6 Å². The Hall–Kier alpha value is -2.24. The Bertz CT molecular complexity index is 512. The predicted octanol–water partition coefficient (Wildman–Crippen LogP) is 2.21. The van der Waals surface area contributed by atoms with Crippen LogP contribution in [0.5, 0.6) is 0 Å². The number of amides is 1. The lowest BCUT2D eigenvalue weighted by atomic mass is 10.3. The van der Waals surface area contributed by atoms with E-state index in [9.17, 15) is 13.6 Å². The molecule has 1 heterocycles. The lowest BCUT2D eigenvalue weighted by Crippen LogP contribution is -2.12. The second-order valence-electron chi connectivity index (χ2n) is 2.95. The van der Waals surface area contributed by atoms with Crippen molar-refractivity contribution in [2.45, 2.75) is 0 Å². The van der Waals surface area contributed by atoms with Crippen LogP contribution in [0.1, 0.15) is 10.6 Å². The maximum absolute atomic E-state index is 13.2. The van der Waals surface area contributed by atoms with Crippen LogP contribution >= 0.6 is 0 Å². The van der Waals surface area contributed by atoms with Crippen LogP contribution in [0.4, 0.5) is 14.5 Å². The number of nitrogens with one attached hydrogen (secondary N) is 1. The van der Waals surface area contributed by atoms with E-state index in [1.807, 2.05) is 0 Å². The van der Waals surface area contributed by atoms with E-state index in [2.05, 4.69) is 15.0 Å². The Balaban J connectivity index is 2.18. The summed E-state index contributed by atoms with van der Waals surface area (Å²) in [4.78, 5) is 11.4. The van der Waals surface area contributed by atoms with Gasteiger partial charge < -0.3 is 9.84 Å². The lowest BCUT2D eigenvalue weighted by molar-refractivity contribution is 0.0987. The molecule has 0 spiro atoms. The van der Waals surface area contributed by atoms with Gasteiger partial charge in [0.15, 0.2) is 0 Å². The van der Waals surface area contributed by atoms with Crippen molar-refractivity contribution in [3.8, 4) is 0 Å². The van der Waals surface area contributed by atoms with Crippen molar-refractivity contribution in [1.29, 1.82) is 0 Å². The third-order valence-corrected chi connectivity index (χ3v) is 1.84. The van der Waals surface area contributed by atoms with Crippen LogP contribution in [0.25, 0.3) is 0 Å². The van der Waals surface area contributed by atoms with Crippen molar-refractivity contribution < 1.29 is 18.1 Å². The molecule has 2 rings (SSSR count). The Kier molecular flexibility index (Phi) is 2.63. The van der Waals surface area contributed by atoms with Crippen LogP contribution in [0.15, 0.2) is 35.0 Å². The third-order valence-electron chi connectivity index (χ3n) is 1.84. The van der Waals surface area contributed by atoms with Gasteiger partial charge in [0.2, 0.25) is 5.76 Å². The van der Waals surface area contributed by atoms with Crippen molar-refractivity contribution >= 4 is 11.6 Å². The molecule has 0 atom stereocenters. The summed E-state index contributed by atoms with van der Waals surface area (Å²) in [6, 6.07) is 4.17. The second-order valence-corrected chi connectivity index (χ2v) is 2.95. The minimum absolute atomic E-state index is 0.0521. The van der Waals surface area contributed by atoms with E-state index in [1.54, 1.807) is 0 Å². The predicted molar refractivity (Wildman–Crippen MR) is 50.8 cm³/mol. The molecule has 0 unspecified atom stereocenters. The zero-order valence-electron chi connectivity index (χ0n) is 7.91. The van der Waals surface area contributed by atoms with E-state index in [0.717, 1.165) is 12.1 Å². The van der Waals surface area contributed by atoms with Crippen molar-refractivity contribution in [2.75, 3.05) is 5.32 Å². The highest BCUT2D eigenvalue weighted by Gasteiger charge is 2.12. The van der Waals surface area contributed by atoms with Gasteiger partial charge in [-0.2, -0.15) is 0 Å². The Morgan fingerprint density at radius 1 is 1.31 bits per heavy atom. The molecule has 4 nitrogen and oxygen atoms in total. The van der Waals surface area contributed by atoms with E-state index in [4.69, 9.17) is 0 Å². The average molecular weight is 224 g/mol. The van der Waals surface area contributed by atoms with Crippen molar-refractivity contribution in [3.05, 3.63) is 47.9 Å².